The molecule has 0 bridgehead atoms. The molecule has 1 aliphatic rings. The number of nitrogens with one attached hydrogen (secondary N) is 1. The lowest BCUT2D eigenvalue weighted by Crippen LogP contribution is -2.46. The van der Waals surface area contributed by atoms with Crippen LogP contribution >= 0.6 is 24.0 Å². The third-order valence-electron chi connectivity index (χ3n) is 3.39. The summed E-state index contributed by atoms with van der Waals surface area (Å²) in [6.07, 6.45) is 5.79. The van der Waals surface area contributed by atoms with Crippen molar-refractivity contribution in [1.82, 2.24) is 25.0 Å². The highest BCUT2D eigenvalue weighted by Gasteiger charge is 2.18. The Labute approximate surface area is 131 Å². The predicted molar refractivity (Wildman–Crippen MR) is 86.8 cm³/mol. The van der Waals surface area contributed by atoms with Crippen LogP contribution in [0.1, 0.15) is 19.8 Å². The van der Waals surface area contributed by atoms with E-state index in [-0.39, 0.29) is 24.0 Å². The van der Waals surface area contributed by atoms with Gasteiger partial charge in [-0.2, -0.15) is 5.10 Å². The summed E-state index contributed by atoms with van der Waals surface area (Å²) in [5, 5.41) is 7.45. The van der Waals surface area contributed by atoms with Crippen molar-refractivity contribution in [3.63, 3.8) is 0 Å². The molecule has 0 atom stereocenters. The lowest BCUT2D eigenvalue weighted by molar-refractivity contribution is 0.273. The van der Waals surface area contributed by atoms with Gasteiger partial charge >= 0.3 is 0 Å². The largest absolute Gasteiger partial charge is 0.354 e. The van der Waals surface area contributed by atoms with Gasteiger partial charge in [-0.25, -0.2) is 4.98 Å². The van der Waals surface area contributed by atoms with Crippen molar-refractivity contribution < 1.29 is 0 Å². The van der Waals surface area contributed by atoms with Gasteiger partial charge in [0.2, 0.25) is 0 Å². The van der Waals surface area contributed by atoms with Crippen LogP contribution in [0.2, 0.25) is 0 Å². The average molecular weight is 378 g/mol. The van der Waals surface area contributed by atoms with E-state index < -0.39 is 0 Å². The standard InChI is InChI=1S/C12H22N6.HI/c1-11-3-6-17(7-4-11)12(13-2)15-5-8-18-10-14-9-16-18;/h9-11H,3-8H2,1-2H3,(H,13,15);1H. The lowest BCUT2D eigenvalue weighted by Gasteiger charge is -2.32. The number of likely N-dealkylation sites (tertiary alicyclic amines) is 1. The van der Waals surface area contributed by atoms with Crippen LogP contribution in [0.3, 0.4) is 0 Å². The molecule has 6 nitrogen and oxygen atoms in total. The van der Waals surface area contributed by atoms with E-state index in [4.69, 9.17) is 0 Å². The highest BCUT2D eigenvalue weighted by molar-refractivity contribution is 14.0. The Bertz CT molecular complexity index is 370. The number of aromatic nitrogens is 3. The lowest BCUT2D eigenvalue weighted by atomic mass is 10.00. The van der Waals surface area contributed by atoms with Crippen LogP contribution in [0.15, 0.2) is 17.6 Å². The van der Waals surface area contributed by atoms with Gasteiger partial charge in [-0.3, -0.25) is 9.67 Å². The molecule has 1 fully saturated rings. The third kappa shape index (κ3) is 4.96. The zero-order valence-corrected chi connectivity index (χ0v) is 13.9. The summed E-state index contributed by atoms with van der Waals surface area (Å²) < 4.78 is 1.82. The maximum Gasteiger partial charge on any atom is 0.193 e. The van der Waals surface area contributed by atoms with E-state index in [1.807, 2.05) is 11.7 Å². The van der Waals surface area contributed by atoms with Gasteiger partial charge in [0.05, 0.1) is 6.54 Å². The van der Waals surface area contributed by atoms with E-state index in [0.29, 0.717) is 0 Å². The van der Waals surface area contributed by atoms with Crippen molar-refractivity contribution in [1.29, 1.82) is 0 Å². The number of hydrogen-bond donors (Lipinski definition) is 1. The second kappa shape index (κ2) is 8.34. The molecule has 108 valence electrons. The van der Waals surface area contributed by atoms with Crippen molar-refractivity contribution in [2.45, 2.75) is 26.3 Å². The highest BCUT2D eigenvalue weighted by Crippen LogP contribution is 2.15. The Hall–Kier alpha value is -0.860. The first-order valence-corrected chi connectivity index (χ1v) is 6.57. The van der Waals surface area contributed by atoms with Crippen molar-refractivity contribution in [3.05, 3.63) is 12.7 Å². The van der Waals surface area contributed by atoms with Crippen LogP contribution in [-0.4, -0.2) is 52.3 Å². The molecule has 0 saturated carbocycles. The Morgan fingerprint density at radius 2 is 2.16 bits per heavy atom. The molecule has 2 rings (SSSR count). The predicted octanol–water partition coefficient (Wildman–Crippen LogP) is 1.20. The van der Waals surface area contributed by atoms with Gasteiger partial charge in [-0.15, -0.1) is 24.0 Å². The second-order valence-corrected chi connectivity index (χ2v) is 4.80. The molecule has 0 unspecified atom stereocenters. The summed E-state index contributed by atoms with van der Waals surface area (Å²) in [5.74, 6) is 1.84. The first kappa shape index (κ1) is 16.2. The molecule has 1 aliphatic heterocycles. The molecular weight excluding hydrogens is 355 g/mol. The molecule has 0 spiro atoms. The SMILES string of the molecule is CN=C(NCCn1cncn1)N1CCC(C)CC1.I. The maximum absolute atomic E-state index is 4.34. The highest BCUT2D eigenvalue weighted by atomic mass is 127. The van der Waals surface area contributed by atoms with Crippen LogP contribution in [0.5, 0.6) is 0 Å². The summed E-state index contributed by atoms with van der Waals surface area (Å²) in [6, 6.07) is 0. The van der Waals surface area contributed by atoms with Gasteiger partial charge in [0, 0.05) is 26.7 Å². The van der Waals surface area contributed by atoms with Crippen molar-refractivity contribution in [2.24, 2.45) is 10.9 Å². The van der Waals surface area contributed by atoms with Crippen LogP contribution in [0.4, 0.5) is 0 Å². The molecule has 1 saturated heterocycles. The number of rotatable bonds is 3. The van der Waals surface area contributed by atoms with Crippen molar-refractivity contribution in [3.8, 4) is 0 Å². The summed E-state index contributed by atoms with van der Waals surface area (Å²) in [6.45, 7) is 6.15. The monoisotopic (exact) mass is 378 g/mol. The quantitative estimate of drug-likeness (QED) is 0.488. The minimum atomic E-state index is 0. The van der Waals surface area contributed by atoms with E-state index in [1.165, 1.54) is 12.8 Å². The topological polar surface area (TPSA) is 58.3 Å². The fraction of sp³-hybridized carbons (Fsp3) is 0.750. The van der Waals surface area contributed by atoms with Gasteiger partial charge in [0.25, 0.3) is 0 Å². The number of hydrogen-bond acceptors (Lipinski definition) is 3. The van der Waals surface area contributed by atoms with Crippen LogP contribution in [-0.2, 0) is 6.54 Å². The average Bonchev–Trinajstić information content (AvgIpc) is 2.89. The molecule has 1 N–H and O–H groups in total. The number of aliphatic imine (C=N–C) groups is 1. The van der Waals surface area contributed by atoms with E-state index in [1.54, 1.807) is 12.7 Å². The smallest absolute Gasteiger partial charge is 0.193 e. The zero-order chi connectivity index (χ0) is 12.8. The molecular formula is C12H23IN6. The van der Waals surface area contributed by atoms with Gasteiger partial charge in [-0.05, 0) is 18.8 Å². The van der Waals surface area contributed by atoms with Crippen LogP contribution in [0, 0.1) is 5.92 Å². The first-order chi connectivity index (χ1) is 8.79. The van der Waals surface area contributed by atoms with Gasteiger partial charge in [0.15, 0.2) is 5.96 Å². The van der Waals surface area contributed by atoms with Crippen molar-refractivity contribution >= 4 is 29.9 Å². The van der Waals surface area contributed by atoms with Crippen LogP contribution in [0.25, 0.3) is 0 Å². The summed E-state index contributed by atoms with van der Waals surface area (Å²) >= 11 is 0. The fourth-order valence-electron chi connectivity index (χ4n) is 2.18. The Kier molecular flexibility index (Phi) is 7.11. The van der Waals surface area contributed by atoms with Gasteiger partial charge < -0.3 is 10.2 Å². The molecule has 19 heavy (non-hydrogen) atoms. The van der Waals surface area contributed by atoms with E-state index in [0.717, 1.165) is 38.1 Å². The molecule has 0 aliphatic carbocycles. The molecule has 0 amide bonds. The minimum Gasteiger partial charge on any atom is -0.354 e. The summed E-state index contributed by atoms with van der Waals surface area (Å²) in [5.41, 5.74) is 0. The van der Waals surface area contributed by atoms with Crippen LogP contribution < -0.4 is 5.32 Å². The van der Waals surface area contributed by atoms with Gasteiger partial charge in [0.1, 0.15) is 12.7 Å². The molecule has 7 heteroatoms. The van der Waals surface area contributed by atoms with Gasteiger partial charge in [-0.1, -0.05) is 6.92 Å². The molecule has 1 aromatic rings. The zero-order valence-electron chi connectivity index (χ0n) is 11.6. The number of piperidine rings is 1. The Balaban J connectivity index is 0.00000180. The Morgan fingerprint density at radius 1 is 1.42 bits per heavy atom. The number of guanidine groups is 1. The number of nitrogens with zero attached hydrogens (tertiary/aromatic N) is 5. The minimum absolute atomic E-state index is 0. The van der Waals surface area contributed by atoms with E-state index in [2.05, 4.69) is 32.2 Å². The van der Waals surface area contributed by atoms with E-state index >= 15 is 0 Å². The Morgan fingerprint density at radius 3 is 2.74 bits per heavy atom. The van der Waals surface area contributed by atoms with E-state index in [9.17, 15) is 0 Å². The molecule has 0 radical (unpaired) electrons. The molecule has 2 heterocycles. The number of halogens is 1. The van der Waals surface area contributed by atoms with Crippen molar-refractivity contribution in [2.75, 3.05) is 26.7 Å². The maximum atomic E-state index is 4.34. The summed E-state index contributed by atoms with van der Waals surface area (Å²) in [7, 11) is 1.84. The molecule has 0 aromatic carbocycles. The fourth-order valence-corrected chi connectivity index (χ4v) is 2.18. The summed E-state index contributed by atoms with van der Waals surface area (Å²) in [4.78, 5) is 10.6. The second-order valence-electron chi connectivity index (χ2n) is 4.80. The molecule has 1 aromatic heterocycles. The normalized spacial score (nSPS) is 17.2. The third-order valence-corrected chi connectivity index (χ3v) is 3.39. The first-order valence-electron chi connectivity index (χ1n) is 6.57.